The minimum absolute atomic E-state index is 0.127. The number of hydrogen-bond donors (Lipinski definition) is 1. The van der Waals surface area contributed by atoms with Gasteiger partial charge >= 0.3 is 0 Å². The van der Waals surface area contributed by atoms with E-state index in [0.29, 0.717) is 16.6 Å². The molecule has 1 N–H and O–H groups in total. The first-order valence-electron chi connectivity index (χ1n) is 7.73. The maximum Gasteiger partial charge on any atom is 0.244 e. The van der Waals surface area contributed by atoms with E-state index in [0.717, 1.165) is 12.8 Å². The molecule has 0 atom stereocenters. The summed E-state index contributed by atoms with van der Waals surface area (Å²) < 4.78 is 29.7. The van der Waals surface area contributed by atoms with Gasteiger partial charge in [0.1, 0.15) is 4.90 Å². The summed E-state index contributed by atoms with van der Waals surface area (Å²) in [4.78, 5) is 0.329. The lowest BCUT2D eigenvalue weighted by Gasteiger charge is -2.18. The second-order valence-corrected chi connectivity index (χ2v) is 8.97. The average molecular weight is 313 g/mol. The summed E-state index contributed by atoms with van der Waals surface area (Å²) in [6.45, 7) is 9.67. The van der Waals surface area contributed by atoms with Gasteiger partial charge in [0.15, 0.2) is 0 Å². The molecule has 0 aromatic carbocycles. The Kier molecular flexibility index (Phi) is 4.49. The summed E-state index contributed by atoms with van der Waals surface area (Å²) in [7, 11) is -3.52. The lowest BCUT2D eigenvalue weighted by atomic mass is 9.92. The van der Waals surface area contributed by atoms with Gasteiger partial charge in [-0.2, -0.15) is 5.10 Å². The predicted molar refractivity (Wildman–Crippen MR) is 83.9 cm³/mol. The molecule has 1 saturated carbocycles. The highest BCUT2D eigenvalue weighted by atomic mass is 32.2. The minimum Gasteiger partial charge on any atom is -0.268 e. The van der Waals surface area contributed by atoms with Gasteiger partial charge in [0.2, 0.25) is 10.0 Å². The molecule has 1 aliphatic rings. The zero-order valence-corrected chi connectivity index (χ0v) is 14.5. The summed E-state index contributed by atoms with van der Waals surface area (Å²) in [6, 6.07) is 0.215. The lowest BCUT2D eigenvalue weighted by molar-refractivity contribution is 0.448. The second-order valence-electron chi connectivity index (χ2n) is 7.29. The molecule has 2 rings (SSSR count). The molecule has 0 aliphatic heterocycles. The van der Waals surface area contributed by atoms with Crippen molar-refractivity contribution in [2.75, 3.05) is 0 Å². The molecule has 0 unspecified atom stereocenters. The van der Waals surface area contributed by atoms with Gasteiger partial charge in [-0.05, 0) is 26.7 Å². The zero-order chi connectivity index (χ0) is 15.8. The second kappa shape index (κ2) is 5.72. The Balaban J connectivity index is 2.47. The molecule has 0 radical (unpaired) electrons. The van der Waals surface area contributed by atoms with E-state index in [1.165, 1.54) is 12.8 Å². The quantitative estimate of drug-likeness (QED) is 0.929. The van der Waals surface area contributed by atoms with Crippen LogP contribution in [0.4, 0.5) is 0 Å². The molecule has 5 nitrogen and oxygen atoms in total. The van der Waals surface area contributed by atoms with Crippen LogP contribution >= 0.6 is 0 Å². The number of hydrogen-bond acceptors (Lipinski definition) is 3. The van der Waals surface area contributed by atoms with Crippen LogP contribution in [0.25, 0.3) is 0 Å². The van der Waals surface area contributed by atoms with Crippen molar-refractivity contribution in [1.82, 2.24) is 14.5 Å². The Morgan fingerprint density at radius 3 is 2.33 bits per heavy atom. The Morgan fingerprint density at radius 2 is 1.86 bits per heavy atom. The molecular weight excluding hydrogens is 286 g/mol. The van der Waals surface area contributed by atoms with Gasteiger partial charge in [0.05, 0.1) is 11.7 Å². The van der Waals surface area contributed by atoms with Gasteiger partial charge in [-0.15, -0.1) is 0 Å². The van der Waals surface area contributed by atoms with E-state index in [2.05, 4.69) is 9.82 Å². The van der Waals surface area contributed by atoms with E-state index < -0.39 is 10.0 Å². The van der Waals surface area contributed by atoms with E-state index in [4.69, 9.17) is 0 Å². The maximum atomic E-state index is 12.6. The van der Waals surface area contributed by atoms with Crippen molar-refractivity contribution in [1.29, 1.82) is 0 Å². The van der Waals surface area contributed by atoms with Gasteiger partial charge in [0.25, 0.3) is 0 Å². The molecule has 0 saturated heterocycles. The number of sulfonamides is 1. The summed E-state index contributed by atoms with van der Waals surface area (Å²) in [6.07, 6.45) is 6.29. The van der Waals surface area contributed by atoms with Crippen LogP contribution in [-0.4, -0.2) is 24.2 Å². The fraction of sp³-hybridized carbons (Fsp3) is 0.800. The third kappa shape index (κ3) is 3.66. The van der Waals surface area contributed by atoms with E-state index >= 15 is 0 Å². The fourth-order valence-corrected chi connectivity index (χ4v) is 4.42. The number of rotatable bonds is 4. The summed E-state index contributed by atoms with van der Waals surface area (Å²) in [5.74, 6) is 0. The van der Waals surface area contributed by atoms with Crippen molar-refractivity contribution < 1.29 is 8.42 Å². The molecule has 1 fully saturated rings. The van der Waals surface area contributed by atoms with E-state index in [1.54, 1.807) is 6.20 Å². The molecule has 1 aromatic rings. The smallest absolute Gasteiger partial charge is 0.244 e. The van der Waals surface area contributed by atoms with Crippen LogP contribution in [0.5, 0.6) is 0 Å². The normalized spacial score (nSPS) is 17.8. The first-order valence-corrected chi connectivity index (χ1v) is 9.21. The first kappa shape index (κ1) is 16.5. The molecule has 21 heavy (non-hydrogen) atoms. The van der Waals surface area contributed by atoms with Gasteiger partial charge in [-0.3, -0.25) is 4.68 Å². The Labute approximate surface area is 128 Å². The molecule has 1 aliphatic carbocycles. The zero-order valence-electron chi connectivity index (χ0n) is 13.7. The van der Waals surface area contributed by atoms with Crippen molar-refractivity contribution >= 4 is 10.0 Å². The van der Waals surface area contributed by atoms with Crippen LogP contribution in [0.1, 0.15) is 72.0 Å². The number of aromatic nitrogens is 2. The first-order chi connectivity index (χ1) is 9.61. The summed E-state index contributed by atoms with van der Waals surface area (Å²) in [5.41, 5.74) is 0.354. The SMILES string of the molecule is CC(C)NS(=O)(=O)c1cn(C2CCCC2)nc1C(C)(C)C. The Morgan fingerprint density at radius 1 is 1.29 bits per heavy atom. The van der Waals surface area contributed by atoms with Crippen LogP contribution < -0.4 is 4.72 Å². The predicted octanol–water partition coefficient (Wildman–Crippen LogP) is 2.98. The Hall–Kier alpha value is -0.880. The van der Waals surface area contributed by atoms with Gasteiger partial charge in [0, 0.05) is 17.7 Å². The fourth-order valence-electron chi connectivity index (χ4n) is 2.82. The summed E-state index contributed by atoms with van der Waals surface area (Å²) >= 11 is 0. The monoisotopic (exact) mass is 313 g/mol. The highest BCUT2D eigenvalue weighted by Gasteiger charge is 2.32. The molecule has 0 amide bonds. The molecule has 0 bridgehead atoms. The van der Waals surface area contributed by atoms with Crippen molar-refractivity contribution in [2.45, 2.75) is 82.7 Å². The third-order valence-corrected chi connectivity index (χ3v) is 5.45. The highest BCUT2D eigenvalue weighted by molar-refractivity contribution is 7.89. The van der Waals surface area contributed by atoms with E-state index in [-0.39, 0.29) is 11.5 Å². The molecule has 0 spiro atoms. The standard InChI is InChI=1S/C15H27N3O2S/c1-11(2)17-21(19,20)13-10-18(12-8-6-7-9-12)16-14(13)15(3,4)5/h10-12,17H,6-9H2,1-5H3. The molecule has 120 valence electrons. The van der Waals surface area contributed by atoms with Crippen molar-refractivity contribution in [2.24, 2.45) is 0 Å². The van der Waals surface area contributed by atoms with Crippen LogP contribution in [-0.2, 0) is 15.4 Å². The van der Waals surface area contributed by atoms with Gasteiger partial charge in [-0.25, -0.2) is 13.1 Å². The van der Waals surface area contributed by atoms with E-state index in [9.17, 15) is 8.42 Å². The number of nitrogens with one attached hydrogen (secondary N) is 1. The third-order valence-electron chi connectivity index (χ3n) is 3.79. The van der Waals surface area contributed by atoms with Crippen LogP contribution in [0.3, 0.4) is 0 Å². The molecular formula is C15H27N3O2S. The van der Waals surface area contributed by atoms with Crippen molar-refractivity contribution in [3.8, 4) is 0 Å². The van der Waals surface area contributed by atoms with E-state index in [1.807, 2.05) is 39.3 Å². The van der Waals surface area contributed by atoms with Gasteiger partial charge < -0.3 is 0 Å². The van der Waals surface area contributed by atoms with Gasteiger partial charge in [-0.1, -0.05) is 33.6 Å². The van der Waals surface area contributed by atoms with Crippen LogP contribution in [0.2, 0.25) is 0 Å². The number of nitrogens with zero attached hydrogens (tertiary/aromatic N) is 2. The van der Waals surface area contributed by atoms with Crippen molar-refractivity contribution in [3.05, 3.63) is 11.9 Å². The van der Waals surface area contributed by atoms with Crippen LogP contribution in [0, 0.1) is 0 Å². The lowest BCUT2D eigenvalue weighted by Crippen LogP contribution is -2.31. The molecule has 6 heteroatoms. The maximum absolute atomic E-state index is 12.6. The molecule has 1 heterocycles. The Bertz CT molecular complexity index is 591. The topological polar surface area (TPSA) is 64.0 Å². The largest absolute Gasteiger partial charge is 0.268 e. The average Bonchev–Trinajstić information content (AvgIpc) is 2.95. The van der Waals surface area contributed by atoms with Crippen LogP contribution in [0.15, 0.2) is 11.1 Å². The van der Waals surface area contributed by atoms with Crippen molar-refractivity contribution in [3.63, 3.8) is 0 Å². The summed E-state index contributed by atoms with van der Waals surface area (Å²) in [5, 5.41) is 4.63. The minimum atomic E-state index is -3.52. The highest BCUT2D eigenvalue weighted by Crippen LogP contribution is 2.33. The molecule has 1 aromatic heterocycles.